The van der Waals surface area contributed by atoms with Crippen LogP contribution in [-0.4, -0.2) is 8.07 Å². The second kappa shape index (κ2) is 6.33. The third-order valence-corrected chi connectivity index (χ3v) is 6.12. The van der Waals surface area contributed by atoms with Gasteiger partial charge >= 0.3 is 0 Å². The Kier molecular flexibility index (Phi) is 4.94. The van der Waals surface area contributed by atoms with E-state index < -0.39 is 8.07 Å². The molecule has 0 saturated heterocycles. The van der Waals surface area contributed by atoms with Crippen LogP contribution >= 0.6 is 27.5 Å². The molecule has 1 nitrogen and oxygen atoms in total. The highest BCUT2D eigenvalue weighted by Crippen LogP contribution is 2.26. The molecule has 0 spiro atoms. The minimum atomic E-state index is -1.21. The molecule has 106 valence electrons. The first-order chi connectivity index (χ1) is 9.36. The lowest BCUT2D eigenvalue weighted by Gasteiger charge is -2.17. The molecule has 0 amide bonds. The number of anilines is 1. The molecule has 0 heterocycles. The van der Waals surface area contributed by atoms with Crippen LogP contribution in [0, 0.1) is 0 Å². The quantitative estimate of drug-likeness (QED) is 0.726. The average Bonchev–Trinajstić information content (AvgIpc) is 2.39. The Hall–Kier alpha value is -0.773. The first-order valence-electron chi connectivity index (χ1n) is 6.64. The molecule has 0 saturated carbocycles. The lowest BCUT2D eigenvalue weighted by Crippen LogP contribution is -2.37. The molecule has 0 radical (unpaired) electrons. The maximum Gasteiger partial charge on any atom is 0.0775 e. The summed E-state index contributed by atoms with van der Waals surface area (Å²) < 4.78 is 1.03. The lowest BCUT2D eigenvalue weighted by atomic mass is 10.2. The van der Waals surface area contributed by atoms with Crippen LogP contribution in [0.25, 0.3) is 0 Å². The Balaban J connectivity index is 2.06. The molecular weight excluding hydrogens is 350 g/mol. The summed E-state index contributed by atoms with van der Waals surface area (Å²) in [5.41, 5.74) is 2.22. The molecule has 4 heteroatoms. The number of nitrogens with one attached hydrogen (secondary N) is 1. The summed E-state index contributed by atoms with van der Waals surface area (Å²) in [6.45, 7) is 7.87. The number of benzene rings is 2. The van der Waals surface area contributed by atoms with Crippen LogP contribution in [0.1, 0.15) is 5.56 Å². The maximum atomic E-state index is 6.17. The normalized spacial score (nSPS) is 11.4. The van der Waals surface area contributed by atoms with Gasteiger partial charge in [0.25, 0.3) is 0 Å². The van der Waals surface area contributed by atoms with Gasteiger partial charge < -0.3 is 5.32 Å². The molecule has 2 rings (SSSR count). The average molecular weight is 369 g/mol. The second-order valence-corrected chi connectivity index (χ2v) is 12.3. The van der Waals surface area contributed by atoms with Crippen LogP contribution in [0.3, 0.4) is 0 Å². The molecule has 0 atom stereocenters. The maximum absolute atomic E-state index is 6.17. The van der Waals surface area contributed by atoms with Crippen LogP contribution in [-0.2, 0) is 6.54 Å². The minimum Gasteiger partial charge on any atom is -0.380 e. The van der Waals surface area contributed by atoms with E-state index in [0.29, 0.717) is 0 Å². The Morgan fingerprint density at radius 3 is 2.30 bits per heavy atom. The predicted molar refractivity (Wildman–Crippen MR) is 95.9 cm³/mol. The van der Waals surface area contributed by atoms with Gasteiger partial charge in [0, 0.05) is 11.0 Å². The fraction of sp³-hybridized carbons (Fsp3) is 0.250. The van der Waals surface area contributed by atoms with Gasteiger partial charge in [0.05, 0.1) is 18.8 Å². The van der Waals surface area contributed by atoms with Crippen molar-refractivity contribution in [2.45, 2.75) is 26.2 Å². The van der Waals surface area contributed by atoms with Crippen molar-refractivity contribution in [3.8, 4) is 0 Å². The molecular formula is C16H19BrClNSi. The summed E-state index contributed by atoms with van der Waals surface area (Å²) in [4.78, 5) is 0. The van der Waals surface area contributed by atoms with E-state index in [0.717, 1.165) is 21.7 Å². The van der Waals surface area contributed by atoms with Gasteiger partial charge in [-0.1, -0.05) is 76.6 Å². The number of hydrogen-bond donors (Lipinski definition) is 1. The van der Waals surface area contributed by atoms with E-state index in [2.05, 4.69) is 65.2 Å². The molecule has 0 aromatic heterocycles. The van der Waals surface area contributed by atoms with E-state index in [-0.39, 0.29) is 0 Å². The molecule has 2 aromatic carbocycles. The van der Waals surface area contributed by atoms with E-state index in [1.807, 2.05) is 18.2 Å². The fourth-order valence-electron chi connectivity index (χ4n) is 1.95. The van der Waals surface area contributed by atoms with Crippen LogP contribution in [0.15, 0.2) is 46.9 Å². The van der Waals surface area contributed by atoms with Crippen LogP contribution in [0.5, 0.6) is 0 Å². The molecule has 0 aliphatic heterocycles. The van der Waals surface area contributed by atoms with E-state index >= 15 is 0 Å². The zero-order valence-electron chi connectivity index (χ0n) is 12.0. The van der Waals surface area contributed by atoms with Crippen LogP contribution in [0.2, 0.25) is 24.7 Å². The monoisotopic (exact) mass is 367 g/mol. The molecule has 0 aliphatic carbocycles. The highest BCUT2D eigenvalue weighted by atomic mass is 79.9. The Bertz CT molecular complexity index is 590. The van der Waals surface area contributed by atoms with Gasteiger partial charge in [0.1, 0.15) is 0 Å². The van der Waals surface area contributed by atoms with Gasteiger partial charge in [-0.25, -0.2) is 0 Å². The van der Waals surface area contributed by atoms with Crippen molar-refractivity contribution in [2.75, 3.05) is 5.32 Å². The number of halogens is 2. The zero-order valence-corrected chi connectivity index (χ0v) is 15.3. The summed E-state index contributed by atoms with van der Waals surface area (Å²) in [6, 6.07) is 14.7. The van der Waals surface area contributed by atoms with Crippen molar-refractivity contribution < 1.29 is 0 Å². The number of hydrogen-bond acceptors (Lipinski definition) is 1. The standard InChI is InChI=1S/C16H19BrClNSi/c1-20(2,3)14-7-4-12(5-8-14)11-19-16-10-13(17)6-9-15(16)18/h4-10,19H,11H2,1-3H3. The predicted octanol–water partition coefficient (Wildman–Crippen LogP) is 5.26. The molecule has 0 bridgehead atoms. The van der Waals surface area contributed by atoms with Gasteiger partial charge in [-0.15, -0.1) is 0 Å². The van der Waals surface area contributed by atoms with Gasteiger partial charge in [-0.05, 0) is 23.8 Å². The van der Waals surface area contributed by atoms with Crippen molar-refractivity contribution in [3.63, 3.8) is 0 Å². The van der Waals surface area contributed by atoms with Crippen molar-refractivity contribution in [3.05, 3.63) is 57.5 Å². The molecule has 0 aliphatic rings. The van der Waals surface area contributed by atoms with Crippen LogP contribution in [0.4, 0.5) is 5.69 Å². The topological polar surface area (TPSA) is 12.0 Å². The highest BCUT2D eigenvalue weighted by molar-refractivity contribution is 9.10. The van der Waals surface area contributed by atoms with Gasteiger partial charge in [0.15, 0.2) is 0 Å². The third-order valence-electron chi connectivity index (χ3n) is 3.23. The smallest absolute Gasteiger partial charge is 0.0775 e. The molecule has 0 fully saturated rings. The van der Waals surface area contributed by atoms with E-state index in [9.17, 15) is 0 Å². The lowest BCUT2D eigenvalue weighted by molar-refractivity contribution is 1.15. The summed E-state index contributed by atoms with van der Waals surface area (Å²) in [7, 11) is -1.21. The van der Waals surface area contributed by atoms with E-state index in [1.54, 1.807) is 0 Å². The van der Waals surface area contributed by atoms with Crippen molar-refractivity contribution in [2.24, 2.45) is 0 Å². The van der Waals surface area contributed by atoms with Gasteiger partial charge in [-0.3, -0.25) is 0 Å². The molecule has 0 unspecified atom stereocenters. The largest absolute Gasteiger partial charge is 0.380 e. The van der Waals surface area contributed by atoms with Crippen molar-refractivity contribution in [1.29, 1.82) is 0 Å². The van der Waals surface area contributed by atoms with E-state index in [4.69, 9.17) is 11.6 Å². The van der Waals surface area contributed by atoms with Crippen molar-refractivity contribution in [1.82, 2.24) is 0 Å². The molecule has 20 heavy (non-hydrogen) atoms. The third kappa shape index (κ3) is 4.11. The highest BCUT2D eigenvalue weighted by Gasteiger charge is 2.15. The fourth-order valence-corrected chi connectivity index (χ4v) is 3.66. The first-order valence-corrected chi connectivity index (χ1v) is 11.3. The summed E-state index contributed by atoms with van der Waals surface area (Å²) in [5.74, 6) is 0. The van der Waals surface area contributed by atoms with Crippen molar-refractivity contribution >= 4 is 46.5 Å². The number of rotatable bonds is 4. The second-order valence-electron chi connectivity index (χ2n) is 5.92. The Morgan fingerprint density at radius 2 is 1.70 bits per heavy atom. The van der Waals surface area contributed by atoms with Crippen LogP contribution < -0.4 is 10.5 Å². The first kappa shape index (κ1) is 15.6. The molecule has 1 N–H and O–H groups in total. The SMILES string of the molecule is C[Si](C)(C)c1ccc(CNc2cc(Br)ccc2Cl)cc1. The van der Waals surface area contributed by atoms with Gasteiger partial charge in [0.2, 0.25) is 0 Å². The minimum absolute atomic E-state index is 0.743. The van der Waals surface area contributed by atoms with E-state index in [1.165, 1.54) is 10.8 Å². The summed E-state index contributed by atoms with van der Waals surface area (Å²) in [6.07, 6.45) is 0. The Labute approximate surface area is 135 Å². The Morgan fingerprint density at radius 1 is 1.05 bits per heavy atom. The summed E-state index contributed by atoms with van der Waals surface area (Å²) in [5, 5.41) is 5.61. The summed E-state index contributed by atoms with van der Waals surface area (Å²) >= 11 is 9.63. The molecule has 2 aromatic rings. The zero-order chi connectivity index (χ0) is 14.8. The van der Waals surface area contributed by atoms with Gasteiger partial charge in [-0.2, -0.15) is 0 Å².